The summed E-state index contributed by atoms with van der Waals surface area (Å²) in [5, 5.41) is 13.9. The van der Waals surface area contributed by atoms with Crippen LogP contribution in [0.3, 0.4) is 0 Å². The van der Waals surface area contributed by atoms with E-state index in [-0.39, 0.29) is 19.1 Å². The zero-order valence-corrected chi connectivity index (χ0v) is 43.9. The third kappa shape index (κ3) is 49.7. The number of aliphatic hydroxyl groups excluding tert-OH is 1. The van der Waals surface area contributed by atoms with E-state index in [1.165, 1.54) is 148 Å². The molecular formula is C56H104N2O6P+. The first-order valence-electron chi connectivity index (χ1n) is 26.8. The molecule has 378 valence electrons. The van der Waals surface area contributed by atoms with Crippen molar-refractivity contribution in [2.75, 3.05) is 40.9 Å². The second kappa shape index (κ2) is 47.0. The molecule has 0 heterocycles. The monoisotopic (exact) mass is 932 g/mol. The summed E-state index contributed by atoms with van der Waals surface area (Å²) in [6.45, 7) is 4.76. The minimum atomic E-state index is -4.36. The van der Waals surface area contributed by atoms with Crippen molar-refractivity contribution in [3.8, 4) is 0 Å². The van der Waals surface area contributed by atoms with Gasteiger partial charge in [-0.1, -0.05) is 209 Å². The summed E-state index contributed by atoms with van der Waals surface area (Å²) in [5.74, 6) is -0.195. The number of allylic oxidation sites excluding steroid dienone is 11. The third-order valence-electron chi connectivity index (χ3n) is 11.6. The van der Waals surface area contributed by atoms with Crippen LogP contribution in [0.2, 0.25) is 0 Å². The van der Waals surface area contributed by atoms with Gasteiger partial charge in [0.2, 0.25) is 5.91 Å². The van der Waals surface area contributed by atoms with Crippen molar-refractivity contribution in [3.63, 3.8) is 0 Å². The van der Waals surface area contributed by atoms with Crippen LogP contribution >= 0.6 is 7.82 Å². The van der Waals surface area contributed by atoms with Gasteiger partial charge in [0.15, 0.2) is 0 Å². The Labute approximate surface area is 402 Å². The van der Waals surface area contributed by atoms with Gasteiger partial charge in [0, 0.05) is 6.42 Å². The Morgan fingerprint density at radius 2 is 0.892 bits per heavy atom. The lowest BCUT2D eigenvalue weighted by Crippen LogP contribution is -2.45. The molecule has 0 saturated heterocycles. The number of nitrogens with one attached hydrogen (secondary N) is 1. The normalized spacial score (nSPS) is 14.6. The summed E-state index contributed by atoms with van der Waals surface area (Å²) < 4.78 is 23.6. The molecule has 0 aliphatic rings. The van der Waals surface area contributed by atoms with E-state index in [1.54, 1.807) is 6.08 Å². The lowest BCUT2D eigenvalue weighted by atomic mass is 10.0. The maximum absolute atomic E-state index is 12.9. The van der Waals surface area contributed by atoms with E-state index in [9.17, 15) is 19.4 Å². The van der Waals surface area contributed by atoms with Gasteiger partial charge in [0.25, 0.3) is 0 Å². The molecule has 0 rings (SSSR count). The highest BCUT2D eigenvalue weighted by Gasteiger charge is 2.27. The van der Waals surface area contributed by atoms with Crippen LogP contribution in [0.5, 0.6) is 0 Å². The summed E-state index contributed by atoms with van der Waals surface area (Å²) >= 11 is 0. The lowest BCUT2D eigenvalue weighted by molar-refractivity contribution is -0.870. The van der Waals surface area contributed by atoms with Gasteiger partial charge in [-0.2, -0.15) is 0 Å². The van der Waals surface area contributed by atoms with Crippen LogP contribution < -0.4 is 5.32 Å². The molecular weight excluding hydrogens is 828 g/mol. The molecule has 9 heteroatoms. The number of nitrogens with zero attached hydrogens (tertiary/aromatic N) is 1. The van der Waals surface area contributed by atoms with Gasteiger partial charge >= 0.3 is 7.82 Å². The van der Waals surface area contributed by atoms with E-state index < -0.39 is 20.0 Å². The number of phosphoric acid groups is 1. The molecule has 65 heavy (non-hydrogen) atoms. The molecule has 0 spiro atoms. The minimum absolute atomic E-state index is 0.0506. The predicted molar refractivity (Wildman–Crippen MR) is 281 cm³/mol. The molecule has 0 aromatic rings. The highest BCUT2D eigenvalue weighted by atomic mass is 31.2. The van der Waals surface area contributed by atoms with Crippen molar-refractivity contribution in [1.82, 2.24) is 5.32 Å². The SMILES string of the molecule is CCCCCCC/C=C\C/C=C\C/C=C\CCCCCCCCCCCCCCC(=O)NC(COP(=O)(O)OCC[N+](C)(C)C)C(O)/C=C/CC/C=C/CC/C=C/CCCCCCCC. The minimum Gasteiger partial charge on any atom is -0.387 e. The number of unbranched alkanes of at least 4 members (excludes halogenated alkanes) is 25. The largest absolute Gasteiger partial charge is 0.472 e. The maximum atomic E-state index is 12.9. The summed E-state index contributed by atoms with van der Waals surface area (Å²) in [5.41, 5.74) is 0. The fraction of sp³-hybridized carbons (Fsp3) is 0.768. The topological polar surface area (TPSA) is 105 Å². The first-order valence-corrected chi connectivity index (χ1v) is 28.3. The average Bonchev–Trinajstić information content (AvgIpc) is 3.26. The Balaban J connectivity index is 4.27. The standard InChI is InChI=1S/C56H103N2O6P/c1-6-8-10-12-14-16-18-20-22-24-25-26-27-28-29-30-31-32-33-34-36-38-40-42-44-46-48-50-56(60)57-54(53-64-65(61,62)63-52-51-58(3,4)5)55(59)49-47-45-43-41-39-37-35-23-21-19-17-15-13-11-9-7-2/h18,20-21,23-25,27-28,39,41,47,49,54-55,59H,6-17,19,22,26,29-38,40,42-46,48,50-53H2,1-5H3,(H-,57,60,61,62)/p+1/b20-18-,23-21+,25-24-,28-27-,41-39+,49-47+. The zero-order valence-electron chi connectivity index (χ0n) is 43.0. The smallest absolute Gasteiger partial charge is 0.387 e. The molecule has 0 saturated carbocycles. The zero-order chi connectivity index (χ0) is 47.8. The molecule has 1 amide bonds. The Morgan fingerprint density at radius 3 is 1.34 bits per heavy atom. The quantitative estimate of drug-likeness (QED) is 0.0243. The van der Waals surface area contributed by atoms with Crippen LogP contribution in [-0.2, 0) is 18.4 Å². The van der Waals surface area contributed by atoms with E-state index in [2.05, 4.69) is 79.9 Å². The van der Waals surface area contributed by atoms with Gasteiger partial charge in [-0.05, 0) is 83.5 Å². The van der Waals surface area contributed by atoms with Crippen molar-refractivity contribution in [2.45, 2.75) is 238 Å². The Kier molecular flexibility index (Phi) is 45.5. The number of carbonyl (C=O) groups excluding carboxylic acids is 1. The van der Waals surface area contributed by atoms with Gasteiger partial charge in [-0.25, -0.2) is 4.57 Å². The molecule has 3 N–H and O–H groups in total. The highest BCUT2D eigenvalue weighted by Crippen LogP contribution is 2.43. The van der Waals surface area contributed by atoms with Gasteiger partial charge in [-0.15, -0.1) is 0 Å². The molecule has 0 aromatic heterocycles. The van der Waals surface area contributed by atoms with Gasteiger partial charge in [0.1, 0.15) is 13.2 Å². The van der Waals surface area contributed by atoms with Crippen LogP contribution in [0.1, 0.15) is 226 Å². The second-order valence-electron chi connectivity index (χ2n) is 19.2. The molecule has 0 radical (unpaired) electrons. The second-order valence-corrected chi connectivity index (χ2v) is 20.7. The highest BCUT2D eigenvalue weighted by molar-refractivity contribution is 7.47. The van der Waals surface area contributed by atoms with Crippen molar-refractivity contribution >= 4 is 13.7 Å². The molecule has 0 aromatic carbocycles. The van der Waals surface area contributed by atoms with Crippen molar-refractivity contribution in [2.24, 2.45) is 0 Å². The first kappa shape index (κ1) is 62.9. The van der Waals surface area contributed by atoms with E-state index in [4.69, 9.17) is 9.05 Å². The van der Waals surface area contributed by atoms with Crippen LogP contribution in [-0.4, -0.2) is 73.4 Å². The molecule has 0 aliphatic carbocycles. The summed E-state index contributed by atoms with van der Waals surface area (Å²) in [7, 11) is 1.54. The number of rotatable bonds is 48. The fourth-order valence-corrected chi connectivity index (χ4v) is 8.11. The molecule has 0 fully saturated rings. The van der Waals surface area contributed by atoms with E-state index in [1.807, 2.05) is 27.2 Å². The number of phosphoric ester groups is 1. The van der Waals surface area contributed by atoms with Crippen LogP contribution in [0, 0.1) is 0 Å². The fourth-order valence-electron chi connectivity index (χ4n) is 7.37. The average molecular weight is 932 g/mol. The van der Waals surface area contributed by atoms with Gasteiger partial charge in [0.05, 0.1) is 39.9 Å². The molecule has 8 nitrogen and oxygen atoms in total. The summed E-state index contributed by atoms with van der Waals surface area (Å²) in [6, 6.07) is -0.874. The van der Waals surface area contributed by atoms with Crippen molar-refractivity contribution in [3.05, 3.63) is 72.9 Å². The predicted octanol–water partition coefficient (Wildman–Crippen LogP) is 15.9. The third-order valence-corrected chi connectivity index (χ3v) is 12.6. The Morgan fingerprint density at radius 1 is 0.523 bits per heavy atom. The number of carbonyl (C=O) groups is 1. The Hall–Kier alpha value is -2.06. The molecule has 0 aliphatic heterocycles. The van der Waals surface area contributed by atoms with Gasteiger partial charge < -0.3 is 19.8 Å². The summed E-state index contributed by atoms with van der Waals surface area (Å²) in [4.78, 5) is 23.2. The summed E-state index contributed by atoms with van der Waals surface area (Å²) in [6.07, 6.45) is 64.2. The maximum Gasteiger partial charge on any atom is 0.472 e. The van der Waals surface area contributed by atoms with Crippen molar-refractivity contribution in [1.29, 1.82) is 0 Å². The molecule has 3 atom stereocenters. The van der Waals surface area contributed by atoms with Crippen LogP contribution in [0.4, 0.5) is 0 Å². The van der Waals surface area contributed by atoms with E-state index >= 15 is 0 Å². The van der Waals surface area contributed by atoms with Gasteiger partial charge in [-0.3, -0.25) is 13.8 Å². The Bertz CT molecular complexity index is 1290. The van der Waals surface area contributed by atoms with E-state index in [0.717, 1.165) is 57.8 Å². The number of quaternary nitrogens is 1. The van der Waals surface area contributed by atoms with E-state index in [0.29, 0.717) is 17.4 Å². The number of hydrogen-bond donors (Lipinski definition) is 3. The van der Waals surface area contributed by atoms with Crippen LogP contribution in [0.25, 0.3) is 0 Å². The lowest BCUT2D eigenvalue weighted by Gasteiger charge is -2.25. The first-order chi connectivity index (χ1) is 31.5. The number of aliphatic hydroxyl groups is 1. The van der Waals surface area contributed by atoms with Crippen molar-refractivity contribution < 1.29 is 32.9 Å². The number of hydrogen-bond acceptors (Lipinski definition) is 5. The molecule has 3 unspecified atom stereocenters. The number of amides is 1. The number of likely N-dealkylation sites (N-methyl/N-ethyl adjacent to an activating group) is 1. The molecule has 0 bridgehead atoms. The van der Waals surface area contributed by atoms with Crippen LogP contribution in [0.15, 0.2) is 72.9 Å².